The van der Waals surface area contributed by atoms with Crippen molar-refractivity contribution in [1.29, 1.82) is 0 Å². The van der Waals surface area contributed by atoms with Crippen LogP contribution in [0.5, 0.6) is 11.5 Å². The van der Waals surface area contributed by atoms with Crippen LogP contribution in [0, 0.1) is 12.7 Å². The fraction of sp³-hybridized carbons (Fsp3) is 0.200. The molecule has 27 heavy (non-hydrogen) atoms. The maximum Gasteiger partial charge on any atom is 0.191 e. The Labute approximate surface area is 162 Å². The topological polar surface area (TPSA) is 58.5 Å². The number of aryl methyl sites for hydroxylation is 1. The van der Waals surface area contributed by atoms with Crippen LogP contribution in [0.25, 0.3) is 0 Å². The summed E-state index contributed by atoms with van der Waals surface area (Å²) >= 11 is 1.67. The van der Waals surface area contributed by atoms with E-state index in [1.54, 1.807) is 30.5 Å². The molecule has 2 aromatic carbocycles. The van der Waals surface area contributed by atoms with Crippen molar-refractivity contribution in [2.45, 2.75) is 20.0 Å². The number of hydrogen-bond acceptors (Lipinski definition) is 4. The highest BCUT2D eigenvalue weighted by molar-refractivity contribution is 7.11. The van der Waals surface area contributed by atoms with E-state index in [0.29, 0.717) is 24.6 Å². The molecule has 0 saturated heterocycles. The Morgan fingerprint density at radius 3 is 2.26 bits per heavy atom. The van der Waals surface area contributed by atoms with Crippen LogP contribution in [0.1, 0.15) is 15.4 Å². The highest BCUT2D eigenvalue weighted by Crippen LogP contribution is 2.21. The fourth-order valence-electron chi connectivity index (χ4n) is 2.36. The predicted octanol–water partition coefficient (Wildman–Crippen LogP) is 4.25. The summed E-state index contributed by atoms with van der Waals surface area (Å²) in [7, 11) is 1.74. The van der Waals surface area contributed by atoms with Crippen LogP contribution < -0.4 is 15.4 Å². The molecule has 1 aromatic heterocycles. The molecule has 0 bridgehead atoms. The average molecular weight is 384 g/mol. The summed E-state index contributed by atoms with van der Waals surface area (Å²) in [6, 6.07) is 13.7. The molecule has 0 unspecified atom stereocenters. The number of halogens is 1. The van der Waals surface area contributed by atoms with E-state index in [9.17, 15) is 4.39 Å². The van der Waals surface area contributed by atoms with Gasteiger partial charge in [0, 0.05) is 24.7 Å². The van der Waals surface area contributed by atoms with Gasteiger partial charge in [0.1, 0.15) is 22.3 Å². The monoisotopic (exact) mass is 384 g/mol. The zero-order valence-corrected chi connectivity index (χ0v) is 16.0. The van der Waals surface area contributed by atoms with Gasteiger partial charge in [0.15, 0.2) is 5.96 Å². The smallest absolute Gasteiger partial charge is 0.191 e. The van der Waals surface area contributed by atoms with Crippen molar-refractivity contribution in [2.75, 3.05) is 7.05 Å². The summed E-state index contributed by atoms with van der Waals surface area (Å²) in [6.45, 7) is 3.31. The van der Waals surface area contributed by atoms with Crippen LogP contribution in [0.15, 0.2) is 59.7 Å². The van der Waals surface area contributed by atoms with Gasteiger partial charge in [0.2, 0.25) is 0 Å². The molecule has 2 N–H and O–H groups in total. The van der Waals surface area contributed by atoms with E-state index in [1.165, 1.54) is 17.0 Å². The Morgan fingerprint density at radius 2 is 1.67 bits per heavy atom. The number of ether oxygens (including phenoxy) is 1. The van der Waals surface area contributed by atoms with Gasteiger partial charge in [-0.25, -0.2) is 9.37 Å². The number of guanidine groups is 1. The van der Waals surface area contributed by atoms with E-state index in [-0.39, 0.29) is 5.82 Å². The van der Waals surface area contributed by atoms with E-state index < -0.39 is 0 Å². The van der Waals surface area contributed by atoms with E-state index in [0.717, 1.165) is 16.5 Å². The van der Waals surface area contributed by atoms with Crippen LogP contribution >= 0.6 is 11.3 Å². The van der Waals surface area contributed by atoms with Gasteiger partial charge >= 0.3 is 0 Å². The molecule has 1 heterocycles. The van der Waals surface area contributed by atoms with Crippen molar-refractivity contribution in [2.24, 2.45) is 4.99 Å². The van der Waals surface area contributed by atoms with Gasteiger partial charge in [-0.3, -0.25) is 4.99 Å². The van der Waals surface area contributed by atoms with Gasteiger partial charge in [-0.15, -0.1) is 11.3 Å². The first-order chi connectivity index (χ1) is 13.1. The summed E-state index contributed by atoms with van der Waals surface area (Å²) in [6.07, 6.45) is 1.87. The molecular weight excluding hydrogens is 363 g/mol. The van der Waals surface area contributed by atoms with Gasteiger partial charge < -0.3 is 15.4 Å². The minimum Gasteiger partial charge on any atom is -0.457 e. The molecule has 5 nitrogen and oxygen atoms in total. The van der Waals surface area contributed by atoms with Gasteiger partial charge in [-0.2, -0.15) is 0 Å². The van der Waals surface area contributed by atoms with E-state index in [1.807, 2.05) is 37.4 Å². The lowest BCUT2D eigenvalue weighted by Gasteiger charge is -2.11. The Hall–Kier alpha value is -2.93. The number of rotatable bonds is 6. The van der Waals surface area contributed by atoms with Crippen LogP contribution in [0.3, 0.4) is 0 Å². The summed E-state index contributed by atoms with van der Waals surface area (Å²) in [4.78, 5) is 9.74. The Bertz CT molecular complexity index is 891. The Morgan fingerprint density at radius 1 is 1.04 bits per heavy atom. The molecule has 3 aromatic rings. The molecule has 7 heteroatoms. The molecular formula is C20H21FN4OS. The highest BCUT2D eigenvalue weighted by atomic mass is 32.1. The minimum absolute atomic E-state index is 0.282. The lowest BCUT2D eigenvalue weighted by Crippen LogP contribution is -2.36. The van der Waals surface area contributed by atoms with Crippen molar-refractivity contribution in [3.05, 3.63) is 76.0 Å². The second-order valence-electron chi connectivity index (χ2n) is 5.84. The third kappa shape index (κ3) is 5.79. The van der Waals surface area contributed by atoms with Gasteiger partial charge in [-0.1, -0.05) is 12.1 Å². The average Bonchev–Trinajstić information content (AvgIpc) is 3.10. The number of hydrogen-bond donors (Lipinski definition) is 2. The molecule has 0 radical (unpaired) electrons. The third-order valence-electron chi connectivity index (χ3n) is 3.73. The normalized spacial score (nSPS) is 11.3. The van der Waals surface area contributed by atoms with Crippen molar-refractivity contribution in [1.82, 2.24) is 15.6 Å². The second kappa shape index (κ2) is 9.14. The number of aromatic nitrogens is 1. The molecule has 0 spiro atoms. The first-order valence-electron chi connectivity index (χ1n) is 8.50. The summed E-state index contributed by atoms with van der Waals surface area (Å²) < 4.78 is 18.6. The summed E-state index contributed by atoms with van der Waals surface area (Å²) in [5.41, 5.74) is 1.09. The lowest BCUT2D eigenvalue weighted by molar-refractivity contribution is 0.480. The first kappa shape index (κ1) is 18.8. The number of nitrogens with zero attached hydrogens (tertiary/aromatic N) is 2. The van der Waals surface area contributed by atoms with Crippen molar-refractivity contribution in [3.8, 4) is 11.5 Å². The van der Waals surface area contributed by atoms with Crippen molar-refractivity contribution < 1.29 is 9.13 Å². The summed E-state index contributed by atoms with van der Waals surface area (Å²) in [5, 5.41) is 7.55. The van der Waals surface area contributed by atoms with Crippen molar-refractivity contribution in [3.63, 3.8) is 0 Å². The van der Waals surface area contributed by atoms with Crippen LogP contribution in [0.2, 0.25) is 0 Å². The standard InChI is InChI=1S/C20H21FN4OS/c1-14-11-23-19(27-14)13-25-20(22-2)24-12-15-3-7-17(8-4-15)26-18-9-5-16(21)6-10-18/h3-11H,12-13H2,1-2H3,(H2,22,24,25). The quantitative estimate of drug-likeness (QED) is 0.493. The number of benzene rings is 2. The van der Waals surface area contributed by atoms with Crippen molar-refractivity contribution >= 4 is 17.3 Å². The van der Waals surface area contributed by atoms with E-state index in [2.05, 4.69) is 20.6 Å². The lowest BCUT2D eigenvalue weighted by atomic mass is 10.2. The first-order valence-corrected chi connectivity index (χ1v) is 9.32. The molecule has 0 atom stereocenters. The number of aliphatic imine (C=N–C) groups is 1. The largest absolute Gasteiger partial charge is 0.457 e. The Kier molecular flexibility index (Phi) is 6.38. The van der Waals surface area contributed by atoms with Gasteiger partial charge in [0.25, 0.3) is 0 Å². The second-order valence-corrected chi connectivity index (χ2v) is 7.16. The zero-order valence-electron chi connectivity index (χ0n) is 15.2. The molecule has 0 saturated carbocycles. The third-order valence-corrected chi connectivity index (χ3v) is 4.65. The van der Waals surface area contributed by atoms with E-state index >= 15 is 0 Å². The molecule has 0 aliphatic rings. The minimum atomic E-state index is -0.282. The van der Waals surface area contributed by atoms with Crippen LogP contribution in [-0.4, -0.2) is 18.0 Å². The van der Waals surface area contributed by atoms with Crippen LogP contribution in [-0.2, 0) is 13.1 Å². The summed E-state index contributed by atoms with van der Waals surface area (Å²) in [5.74, 6) is 1.74. The van der Waals surface area contributed by atoms with E-state index in [4.69, 9.17) is 4.74 Å². The number of thiazole rings is 1. The molecule has 0 aliphatic carbocycles. The van der Waals surface area contributed by atoms with Gasteiger partial charge in [-0.05, 0) is 48.9 Å². The maximum absolute atomic E-state index is 12.9. The number of nitrogens with one attached hydrogen (secondary N) is 2. The zero-order chi connectivity index (χ0) is 19.1. The molecule has 0 fully saturated rings. The SMILES string of the molecule is CN=C(NCc1ccc(Oc2ccc(F)cc2)cc1)NCc1ncc(C)s1. The van der Waals surface area contributed by atoms with Gasteiger partial charge in [0.05, 0.1) is 6.54 Å². The molecule has 0 amide bonds. The Balaban J connectivity index is 1.49. The fourth-order valence-corrected chi connectivity index (χ4v) is 3.09. The molecule has 140 valence electrons. The maximum atomic E-state index is 12.9. The predicted molar refractivity (Wildman–Crippen MR) is 107 cm³/mol. The van der Waals surface area contributed by atoms with Crippen LogP contribution in [0.4, 0.5) is 4.39 Å². The molecule has 0 aliphatic heterocycles. The highest BCUT2D eigenvalue weighted by Gasteiger charge is 2.03. The molecule has 3 rings (SSSR count).